The second-order valence-corrected chi connectivity index (χ2v) is 2.29. The molecule has 0 bridgehead atoms. The minimum atomic E-state index is -0.105. The van der Waals surface area contributed by atoms with E-state index in [0.717, 1.165) is 0 Å². The van der Waals surface area contributed by atoms with Gasteiger partial charge in [-0.25, -0.2) is 0 Å². The molecule has 0 aliphatic carbocycles. The van der Waals surface area contributed by atoms with Crippen LogP contribution in [-0.2, 0) is 0 Å². The molecule has 1 rings (SSSR count). The molecule has 0 heterocycles. The molecule has 0 aliphatic rings. The van der Waals surface area contributed by atoms with Crippen molar-refractivity contribution in [2.45, 2.75) is 0 Å². The zero-order chi connectivity index (χ0) is 8.97. The van der Waals surface area contributed by atoms with Gasteiger partial charge in [0.25, 0.3) is 0 Å². The smallest absolute Gasteiger partial charge is 0.185 e. The Morgan fingerprint density at radius 3 is 2.92 bits per heavy atom. The lowest BCUT2D eigenvalue weighted by Crippen LogP contribution is -1.93. The van der Waals surface area contributed by atoms with E-state index in [4.69, 9.17) is 6.42 Å². The van der Waals surface area contributed by atoms with Gasteiger partial charge in [-0.15, -0.1) is 6.42 Å². The van der Waals surface area contributed by atoms with Gasteiger partial charge in [-0.2, -0.15) is 0 Å². The average molecular weight is 156 g/mol. The predicted molar refractivity (Wildman–Crippen MR) is 48.9 cm³/mol. The van der Waals surface area contributed by atoms with Crippen molar-refractivity contribution in [1.82, 2.24) is 0 Å². The van der Waals surface area contributed by atoms with Crippen molar-refractivity contribution in [2.24, 2.45) is 0 Å². The number of terminal acetylenes is 1. The van der Waals surface area contributed by atoms with Crippen LogP contribution in [0.5, 0.6) is 0 Å². The molecule has 0 spiro atoms. The van der Waals surface area contributed by atoms with Gasteiger partial charge in [0, 0.05) is 11.1 Å². The maximum atomic E-state index is 11.1. The highest BCUT2D eigenvalue weighted by molar-refractivity contribution is 6.04. The summed E-state index contributed by atoms with van der Waals surface area (Å²) in [6.45, 7) is 3.39. The summed E-state index contributed by atoms with van der Waals surface area (Å²) in [7, 11) is 0. The molecule has 0 atom stereocenters. The molecule has 0 aliphatic heterocycles. The molecule has 58 valence electrons. The second-order valence-electron chi connectivity index (χ2n) is 2.29. The first kappa shape index (κ1) is 8.29. The molecular weight excluding hydrogens is 148 g/mol. The van der Waals surface area contributed by atoms with Crippen LogP contribution in [0.1, 0.15) is 15.9 Å². The van der Waals surface area contributed by atoms with E-state index in [1.807, 2.05) is 0 Å². The summed E-state index contributed by atoms with van der Waals surface area (Å²) in [6.07, 6.45) is 6.45. The molecule has 0 fully saturated rings. The van der Waals surface area contributed by atoms with Gasteiger partial charge in [0.05, 0.1) is 0 Å². The first-order chi connectivity index (χ1) is 5.77. The Kier molecular flexibility index (Phi) is 2.45. The highest BCUT2D eigenvalue weighted by Gasteiger charge is 1.99. The average Bonchev–Trinajstić information content (AvgIpc) is 2.17. The van der Waals surface area contributed by atoms with Crippen LogP contribution in [0.2, 0.25) is 0 Å². The molecular formula is C11H8O. The van der Waals surface area contributed by atoms with Crippen LogP contribution in [0.4, 0.5) is 0 Å². The lowest BCUT2D eigenvalue weighted by atomic mass is 10.1. The van der Waals surface area contributed by atoms with Gasteiger partial charge in [0.2, 0.25) is 0 Å². The Morgan fingerprint density at radius 1 is 1.58 bits per heavy atom. The maximum Gasteiger partial charge on any atom is 0.185 e. The SMILES string of the molecule is C#Cc1cccc(C(=O)C=C)c1. The zero-order valence-corrected chi connectivity index (χ0v) is 6.58. The third-order valence-electron chi connectivity index (χ3n) is 1.50. The number of carbonyl (C=O) groups excluding carboxylic acids is 1. The molecule has 0 saturated carbocycles. The fraction of sp³-hybridized carbons (Fsp3) is 0. The van der Waals surface area contributed by atoms with Crippen molar-refractivity contribution in [3.63, 3.8) is 0 Å². The molecule has 1 aromatic rings. The van der Waals surface area contributed by atoms with Crippen molar-refractivity contribution in [3.8, 4) is 12.3 Å². The fourth-order valence-electron chi connectivity index (χ4n) is 0.880. The lowest BCUT2D eigenvalue weighted by Gasteiger charge is -1.95. The van der Waals surface area contributed by atoms with E-state index in [1.165, 1.54) is 6.08 Å². The van der Waals surface area contributed by atoms with Gasteiger partial charge >= 0.3 is 0 Å². The Balaban J connectivity index is 3.11. The predicted octanol–water partition coefficient (Wildman–Crippen LogP) is 2.04. The van der Waals surface area contributed by atoms with Crippen molar-refractivity contribution in [2.75, 3.05) is 0 Å². The van der Waals surface area contributed by atoms with Crippen LogP contribution in [0.3, 0.4) is 0 Å². The van der Waals surface area contributed by atoms with Gasteiger partial charge in [0.1, 0.15) is 0 Å². The normalized spacial score (nSPS) is 8.58. The minimum absolute atomic E-state index is 0.105. The Hall–Kier alpha value is -1.81. The highest BCUT2D eigenvalue weighted by Crippen LogP contribution is 2.04. The van der Waals surface area contributed by atoms with Crippen LogP contribution in [0.15, 0.2) is 36.9 Å². The lowest BCUT2D eigenvalue weighted by molar-refractivity contribution is 0.104. The number of hydrogen-bond acceptors (Lipinski definition) is 1. The first-order valence-electron chi connectivity index (χ1n) is 3.51. The third kappa shape index (κ3) is 1.62. The minimum Gasteiger partial charge on any atom is -0.289 e. The largest absolute Gasteiger partial charge is 0.289 e. The van der Waals surface area contributed by atoms with E-state index in [9.17, 15) is 4.79 Å². The second kappa shape index (κ2) is 3.54. The summed E-state index contributed by atoms with van der Waals surface area (Å²) in [6, 6.07) is 6.92. The summed E-state index contributed by atoms with van der Waals surface area (Å²) in [5.41, 5.74) is 1.29. The van der Waals surface area contributed by atoms with Crippen molar-refractivity contribution in [3.05, 3.63) is 48.0 Å². The van der Waals surface area contributed by atoms with Crippen LogP contribution in [0.25, 0.3) is 0 Å². The molecule has 1 nitrogen and oxygen atoms in total. The quantitative estimate of drug-likeness (QED) is 0.364. The molecule has 0 aromatic heterocycles. The highest BCUT2D eigenvalue weighted by atomic mass is 16.1. The zero-order valence-electron chi connectivity index (χ0n) is 6.58. The van der Waals surface area contributed by atoms with Gasteiger partial charge in [-0.05, 0) is 18.2 Å². The van der Waals surface area contributed by atoms with Crippen LogP contribution in [-0.4, -0.2) is 5.78 Å². The Morgan fingerprint density at radius 2 is 2.33 bits per heavy atom. The molecule has 0 unspecified atom stereocenters. The van der Waals surface area contributed by atoms with Crippen molar-refractivity contribution >= 4 is 5.78 Å². The monoisotopic (exact) mass is 156 g/mol. The fourth-order valence-corrected chi connectivity index (χ4v) is 0.880. The number of hydrogen-bond donors (Lipinski definition) is 0. The van der Waals surface area contributed by atoms with Crippen LogP contribution >= 0.6 is 0 Å². The molecule has 0 N–H and O–H groups in total. The molecule has 12 heavy (non-hydrogen) atoms. The summed E-state index contributed by atoms with van der Waals surface area (Å²) < 4.78 is 0. The molecule has 0 amide bonds. The van der Waals surface area contributed by atoms with E-state index in [1.54, 1.807) is 24.3 Å². The summed E-state index contributed by atoms with van der Waals surface area (Å²) in [5, 5.41) is 0. The Labute approximate surface area is 71.7 Å². The summed E-state index contributed by atoms with van der Waals surface area (Å²) >= 11 is 0. The number of ketones is 1. The van der Waals surface area contributed by atoms with Gasteiger partial charge in [-0.1, -0.05) is 24.6 Å². The van der Waals surface area contributed by atoms with E-state index >= 15 is 0 Å². The maximum absolute atomic E-state index is 11.1. The first-order valence-corrected chi connectivity index (χ1v) is 3.51. The number of allylic oxidation sites excluding steroid dienone is 1. The molecule has 1 aromatic carbocycles. The van der Waals surface area contributed by atoms with Crippen molar-refractivity contribution < 1.29 is 4.79 Å². The van der Waals surface area contributed by atoms with Gasteiger partial charge < -0.3 is 0 Å². The Bertz CT molecular complexity index is 356. The van der Waals surface area contributed by atoms with E-state index in [2.05, 4.69) is 12.5 Å². The molecule has 0 radical (unpaired) electrons. The van der Waals surface area contributed by atoms with Crippen LogP contribution < -0.4 is 0 Å². The summed E-state index contributed by atoms with van der Waals surface area (Å²) in [4.78, 5) is 11.1. The van der Waals surface area contributed by atoms with Gasteiger partial charge in [0.15, 0.2) is 5.78 Å². The summed E-state index contributed by atoms with van der Waals surface area (Å²) in [5.74, 6) is 2.36. The van der Waals surface area contributed by atoms with Crippen LogP contribution in [0, 0.1) is 12.3 Å². The standard InChI is InChI=1S/C11H8O/c1-3-9-6-5-7-10(8-9)11(12)4-2/h1,4-8H,2H2. The van der Waals surface area contributed by atoms with E-state index in [0.29, 0.717) is 11.1 Å². The number of benzene rings is 1. The molecule has 1 heteroatoms. The van der Waals surface area contributed by atoms with Gasteiger partial charge in [-0.3, -0.25) is 4.79 Å². The van der Waals surface area contributed by atoms with Crippen molar-refractivity contribution in [1.29, 1.82) is 0 Å². The topological polar surface area (TPSA) is 17.1 Å². The van der Waals surface area contributed by atoms with E-state index in [-0.39, 0.29) is 5.78 Å². The number of carbonyl (C=O) groups is 1. The van der Waals surface area contributed by atoms with E-state index < -0.39 is 0 Å². The molecule has 0 saturated heterocycles. The number of rotatable bonds is 2. The third-order valence-corrected chi connectivity index (χ3v) is 1.50.